The molecule has 1 heterocycles. The van der Waals surface area contributed by atoms with Gasteiger partial charge in [-0.15, -0.1) is 24.0 Å². The van der Waals surface area contributed by atoms with Gasteiger partial charge in [-0.2, -0.15) is 0 Å². The standard InChI is InChI=1S/C23H32N4O3.HI/c1-17(2)30-21-10-6-19(7-11-21)26-23(24)25-16-22(27-12-14-29-15-13-27)18-4-8-20(28-3)9-5-18;/h4-11,17,22H,12-16H2,1-3H3,(H3,24,25,26);1H. The van der Waals surface area contributed by atoms with E-state index >= 15 is 0 Å². The fourth-order valence-corrected chi connectivity index (χ4v) is 3.41. The molecule has 7 nitrogen and oxygen atoms in total. The summed E-state index contributed by atoms with van der Waals surface area (Å²) in [7, 11) is 1.67. The van der Waals surface area contributed by atoms with Crippen LogP contribution in [0.5, 0.6) is 11.5 Å². The highest BCUT2D eigenvalue weighted by Crippen LogP contribution is 2.24. The second-order valence-electron chi connectivity index (χ2n) is 7.48. The van der Waals surface area contributed by atoms with E-state index in [1.807, 2.05) is 50.2 Å². The molecule has 0 aliphatic carbocycles. The lowest BCUT2D eigenvalue weighted by Gasteiger charge is -2.34. The van der Waals surface area contributed by atoms with E-state index in [1.165, 1.54) is 5.56 Å². The van der Waals surface area contributed by atoms with Gasteiger partial charge in [0.05, 0.1) is 39.0 Å². The lowest BCUT2D eigenvalue weighted by molar-refractivity contribution is 0.0180. The van der Waals surface area contributed by atoms with Gasteiger partial charge in [-0.1, -0.05) is 12.1 Å². The minimum atomic E-state index is 0. The van der Waals surface area contributed by atoms with Crippen molar-refractivity contribution in [2.75, 3.05) is 45.3 Å². The number of nitrogens with two attached hydrogens (primary N) is 1. The van der Waals surface area contributed by atoms with E-state index in [1.54, 1.807) is 7.11 Å². The summed E-state index contributed by atoms with van der Waals surface area (Å²) < 4.78 is 16.5. The summed E-state index contributed by atoms with van der Waals surface area (Å²) in [6.07, 6.45) is 0.144. The molecule has 1 aliphatic rings. The zero-order valence-corrected chi connectivity index (χ0v) is 20.7. The number of hydrogen-bond donors (Lipinski definition) is 2. The number of halogens is 1. The molecule has 3 rings (SSSR count). The molecular formula is C23H33IN4O3. The molecule has 0 radical (unpaired) electrons. The van der Waals surface area contributed by atoms with Crippen LogP contribution in [-0.4, -0.2) is 56.9 Å². The summed E-state index contributed by atoms with van der Waals surface area (Å²) in [4.78, 5) is 7.01. The highest BCUT2D eigenvalue weighted by Gasteiger charge is 2.22. The van der Waals surface area contributed by atoms with Crippen molar-refractivity contribution in [3.05, 3.63) is 54.1 Å². The Hall–Kier alpha value is -2.04. The molecule has 0 aromatic heterocycles. The van der Waals surface area contributed by atoms with Crippen molar-refractivity contribution in [2.24, 2.45) is 10.7 Å². The maximum atomic E-state index is 6.17. The highest BCUT2D eigenvalue weighted by atomic mass is 127. The number of aliphatic imine (C=N–C) groups is 1. The number of rotatable bonds is 8. The molecule has 1 saturated heterocycles. The van der Waals surface area contributed by atoms with E-state index in [-0.39, 0.29) is 36.1 Å². The second-order valence-corrected chi connectivity index (χ2v) is 7.48. The van der Waals surface area contributed by atoms with Gasteiger partial charge in [0.15, 0.2) is 5.96 Å². The van der Waals surface area contributed by atoms with Crippen molar-refractivity contribution in [3.63, 3.8) is 0 Å². The SMILES string of the molecule is COc1ccc(C(CN=C(N)Nc2ccc(OC(C)C)cc2)N2CCOCC2)cc1.I. The van der Waals surface area contributed by atoms with Gasteiger partial charge in [0.2, 0.25) is 0 Å². The van der Waals surface area contributed by atoms with Gasteiger partial charge in [0, 0.05) is 18.8 Å². The van der Waals surface area contributed by atoms with Gasteiger partial charge in [-0.25, -0.2) is 0 Å². The number of anilines is 1. The Labute approximate surface area is 202 Å². The summed E-state index contributed by atoms with van der Waals surface area (Å²) in [5, 5.41) is 3.16. The van der Waals surface area contributed by atoms with Crippen molar-refractivity contribution in [1.82, 2.24) is 4.90 Å². The van der Waals surface area contributed by atoms with Gasteiger partial charge < -0.3 is 25.3 Å². The molecule has 0 amide bonds. The smallest absolute Gasteiger partial charge is 0.193 e. The van der Waals surface area contributed by atoms with Crippen LogP contribution in [-0.2, 0) is 4.74 Å². The molecule has 2 aromatic rings. The molecule has 0 spiro atoms. The van der Waals surface area contributed by atoms with Crippen molar-refractivity contribution in [1.29, 1.82) is 0 Å². The maximum Gasteiger partial charge on any atom is 0.193 e. The van der Waals surface area contributed by atoms with Crippen molar-refractivity contribution in [3.8, 4) is 11.5 Å². The fourth-order valence-electron chi connectivity index (χ4n) is 3.41. The predicted octanol–water partition coefficient (Wildman–Crippen LogP) is 3.90. The molecule has 1 unspecified atom stereocenters. The molecule has 1 atom stereocenters. The molecule has 0 bridgehead atoms. The van der Waals surface area contributed by atoms with Gasteiger partial charge in [-0.05, 0) is 55.8 Å². The van der Waals surface area contributed by atoms with Crippen LogP contribution < -0.4 is 20.5 Å². The normalized spacial score (nSPS) is 15.8. The van der Waals surface area contributed by atoms with Crippen LogP contribution in [0.3, 0.4) is 0 Å². The van der Waals surface area contributed by atoms with E-state index in [2.05, 4.69) is 27.3 Å². The van der Waals surface area contributed by atoms with Crippen LogP contribution in [0, 0.1) is 0 Å². The largest absolute Gasteiger partial charge is 0.497 e. The van der Waals surface area contributed by atoms with Gasteiger partial charge in [0.25, 0.3) is 0 Å². The summed E-state index contributed by atoms with van der Waals surface area (Å²) in [6.45, 7) is 7.77. The van der Waals surface area contributed by atoms with Crippen LogP contribution in [0.25, 0.3) is 0 Å². The zero-order valence-electron chi connectivity index (χ0n) is 18.4. The number of ether oxygens (including phenoxy) is 3. The highest BCUT2D eigenvalue weighted by molar-refractivity contribution is 14.0. The van der Waals surface area contributed by atoms with Crippen LogP contribution in [0.4, 0.5) is 5.69 Å². The Morgan fingerprint density at radius 3 is 2.26 bits per heavy atom. The first-order valence-electron chi connectivity index (χ1n) is 10.3. The quantitative estimate of drug-likeness (QED) is 0.301. The molecule has 3 N–H and O–H groups in total. The van der Waals surface area contributed by atoms with Crippen LogP contribution in [0.2, 0.25) is 0 Å². The third-order valence-corrected chi connectivity index (χ3v) is 4.92. The fraction of sp³-hybridized carbons (Fsp3) is 0.435. The molecule has 8 heteroatoms. The lowest BCUT2D eigenvalue weighted by atomic mass is 10.0. The van der Waals surface area contributed by atoms with Crippen molar-refractivity contribution < 1.29 is 14.2 Å². The molecule has 31 heavy (non-hydrogen) atoms. The van der Waals surface area contributed by atoms with Gasteiger partial charge in [0.1, 0.15) is 11.5 Å². The first-order chi connectivity index (χ1) is 14.5. The average molecular weight is 540 g/mol. The topological polar surface area (TPSA) is 81.3 Å². The Bertz CT molecular complexity index is 807. The predicted molar refractivity (Wildman–Crippen MR) is 136 cm³/mol. The number of benzene rings is 2. The Kier molecular flexibility index (Phi) is 10.4. The number of nitrogens with one attached hydrogen (secondary N) is 1. The van der Waals surface area contributed by atoms with Crippen LogP contribution in [0.1, 0.15) is 25.5 Å². The number of nitrogens with zero attached hydrogens (tertiary/aromatic N) is 2. The number of morpholine rings is 1. The average Bonchev–Trinajstić information content (AvgIpc) is 2.76. The first kappa shape index (κ1) is 25.2. The maximum absolute atomic E-state index is 6.17. The van der Waals surface area contributed by atoms with Gasteiger partial charge in [-0.3, -0.25) is 9.89 Å². The Morgan fingerprint density at radius 2 is 1.68 bits per heavy atom. The van der Waals surface area contributed by atoms with E-state index < -0.39 is 0 Å². The van der Waals surface area contributed by atoms with Crippen LogP contribution in [0.15, 0.2) is 53.5 Å². The monoisotopic (exact) mass is 540 g/mol. The number of guanidine groups is 1. The molecule has 0 saturated carbocycles. The summed E-state index contributed by atoms with van der Waals surface area (Å²) in [5.41, 5.74) is 8.23. The van der Waals surface area contributed by atoms with Crippen molar-refractivity contribution >= 4 is 35.6 Å². The minimum absolute atomic E-state index is 0. The number of hydrogen-bond acceptors (Lipinski definition) is 5. The first-order valence-corrected chi connectivity index (χ1v) is 10.3. The molecule has 170 valence electrons. The van der Waals surface area contributed by atoms with E-state index in [0.29, 0.717) is 12.5 Å². The van der Waals surface area contributed by atoms with Crippen LogP contribution >= 0.6 is 24.0 Å². The molecular weight excluding hydrogens is 507 g/mol. The molecule has 2 aromatic carbocycles. The zero-order chi connectivity index (χ0) is 21.3. The summed E-state index contributed by atoms with van der Waals surface area (Å²) in [5.74, 6) is 2.06. The third-order valence-electron chi connectivity index (χ3n) is 4.92. The summed E-state index contributed by atoms with van der Waals surface area (Å²) in [6, 6.07) is 16.0. The van der Waals surface area contributed by atoms with Crippen molar-refractivity contribution in [2.45, 2.75) is 26.0 Å². The van der Waals surface area contributed by atoms with E-state index in [4.69, 9.17) is 19.9 Å². The lowest BCUT2D eigenvalue weighted by Crippen LogP contribution is -2.40. The molecule has 1 fully saturated rings. The van der Waals surface area contributed by atoms with E-state index in [9.17, 15) is 0 Å². The Balaban J connectivity index is 0.00000341. The van der Waals surface area contributed by atoms with Gasteiger partial charge >= 0.3 is 0 Å². The second kappa shape index (κ2) is 12.7. The minimum Gasteiger partial charge on any atom is -0.497 e. The molecule has 1 aliphatic heterocycles. The third kappa shape index (κ3) is 7.86. The number of methoxy groups -OCH3 is 1. The summed E-state index contributed by atoms with van der Waals surface area (Å²) >= 11 is 0. The van der Waals surface area contributed by atoms with E-state index in [0.717, 1.165) is 43.5 Å². The Morgan fingerprint density at radius 1 is 1.06 bits per heavy atom.